The maximum atomic E-state index is 11.6. The average Bonchev–Trinajstić information content (AvgIpc) is 2.35. The van der Waals surface area contributed by atoms with E-state index in [-0.39, 0.29) is 10.8 Å². The molecule has 4 nitrogen and oxygen atoms in total. The highest BCUT2D eigenvalue weighted by atomic mass is 35.7. The van der Waals surface area contributed by atoms with Gasteiger partial charge in [0, 0.05) is 23.6 Å². The van der Waals surface area contributed by atoms with Crippen LogP contribution < -0.4 is 5.32 Å². The van der Waals surface area contributed by atoms with E-state index < -0.39 is 9.05 Å². The van der Waals surface area contributed by atoms with Crippen molar-refractivity contribution in [1.29, 1.82) is 0 Å². The minimum atomic E-state index is -3.69. The highest BCUT2D eigenvalue weighted by Gasteiger charge is 2.10. The largest absolute Gasteiger partial charge is 0.352 e. The van der Waals surface area contributed by atoms with Crippen molar-refractivity contribution in [2.45, 2.75) is 38.1 Å². The van der Waals surface area contributed by atoms with Crippen molar-refractivity contribution in [3.63, 3.8) is 0 Å². The van der Waals surface area contributed by atoms with Gasteiger partial charge in [-0.1, -0.05) is 32.4 Å². The maximum absolute atomic E-state index is 11.6. The predicted molar refractivity (Wildman–Crippen MR) is 75.4 cm³/mol. The third-order valence-electron chi connectivity index (χ3n) is 2.93. The van der Waals surface area contributed by atoms with Gasteiger partial charge in [-0.15, -0.1) is 0 Å². The Morgan fingerprint density at radius 3 is 2.37 bits per heavy atom. The molecule has 0 saturated heterocycles. The fourth-order valence-electron chi connectivity index (χ4n) is 1.50. The van der Waals surface area contributed by atoms with Crippen molar-refractivity contribution >= 4 is 25.6 Å². The first kappa shape index (κ1) is 16.0. The van der Waals surface area contributed by atoms with E-state index in [9.17, 15) is 13.2 Å². The molecule has 0 spiro atoms. The highest BCUT2D eigenvalue weighted by molar-refractivity contribution is 8.13. The number of hydrogen-bond donors (Lipinski definition) is 1. The molecule has 0 aliphatic rings. The van der Waals surface area contributed by atoms with Crippen LogP contribution in [0.1, 0.15) is 32.3 Å². The minimum absolute atomic E-state index is 0.00314. The molecule has 0 bridgehead atoms. The van der Waals surface area contributed by atoms with Crippen LogP contribution in [0.3, 0.4) is 0 Å². The third kappa shape index (κ3) is 5.61. The second-order valence-electron chi connectivity index (χ2n) is 4.58. The molecule has 106 valence electrons. The standard InChI is InChI=1S/C13H18ClNO3S/c1-3-10(2)8-13(16)15-9-11-4-6-12(7-5-11)19(14,17)18/h4-7,10H,3,8-9H2,1-2H3,(H,15,16). The Bertz CT molecular complexity index is 525. The van der Waals surface area contributed by atoms with Crippen LogP contribution >= 0.6 is 10.7 Å². The third-order valence-corrected chi connectivity index (χ3v) is 4.30. The number of rotatable bonds is 6. The molecule has 0 saturated carbocycles. The molecule has 0 heterocycles. The lowest BCUT2D eigenvalue weighted by Gasteiger charge is -2.09. The van der Waals surface area contributed by atoms with Crippen LogP contribution in [0.15, 0.2) is 29.2 Å². The number of carbonyl (C=O) groups is 1. The summed E-state index contributed by atoms with van der Waals surface area (Å²) >= 11 is 0. The van der Waals surface area contributed by atoms with Crippen LogP contribution in [0.5, 0.6) is 0 Å². The normalized spacial score (nSPS) is 13.0. The van der Waals surface area contributed by atoms with E-state index in [0.29, 0.717) is 18.9 Å². The van der Waals surface area contributed by atoms with Crippen LogP contribution in [0.25, 0.3) is 0 Å². The highest BCUT2D eigenvalue weighted by Crippen LogP contribution is 2.15. The first-order valence-corrected chi connectivity index (χ1v) is 8.44. The molecule has 0 aliphatic carbocycles. The monoisotopic (exact) mass is 303 g/mol. The average molecular weight is 304 g/mol. The molecule has 0 radical (unpaired) electrons. The van der Waals surface area contributed by atoms with Gasteiger partial charge in [-0.25, -0.2) is 8.42 Å². The lowest BCUT2D eigenvalue weighted by molar-refractivity contribution is -0.122. The molecular formula is C13H18ClNO3S. The van der Waals surface area contributed by atoms with Gasteiger partial charge in [-0.05, 0) is 23.6 Å². The molecule has 1 N–H and O–H groups in total. The van der Waals surface area contributed by atoms with Gasteiger partial charge in [-0.2, -0.15) is 0 Å². The number of amides is 1. The fourth-order valence-corrected chi connectivity index (χ4v) is 2.27. The molecule has 1 unspecified atom stereocenters. The van der Waals surface area contributed by atoms with Gasteiger partial charge < -0.3 is 5.32 Å². The van der Waals surface area contributed by atoms with Crippen molar-refractivity contribution in [2.24, 2.45) is 5.92 Å². The zero-order chi connectivity index (χ0) is 14.5. The van der Waals surface area contributed by atoms with E-state index in [2.05, 4.69) is 5.32 Å². The van der Waals surface area contributed by atoms with Crippen molar-refractivity contribution in [2.75, 3.05) is 0 Å². The van der Waals surface area contributed by atoms with Crippen LogP contribution in [0, 0.1) is 5.92 Å². The number of hydrogen-bond acceptors (Lipinski definition) is 3. The summed E-state index contributed by atoms with van der Waals surface area (Å²) in [6.45, 7) is 4.46. The van der Waals surface area contributed by atoms with Crippen molar-refractivity contribution < 1.29 is 13.2 Å². The maximum Gasteiger partial charge on any atom is 0.261 e. The van der Waals surface area contributed by atoms with E-state index in [1.54, 1.807) is 12.1 Å². The van der Waals surface area contributed by atoms with Gasteiger partial charge in [0.15, 0.2) is 0 Å². The van der Waals surface area contributed by atoms with Gasteiger partial charge in [-0.3, -0.25) is 4.79 Å². The number of nitrogens with one attached hydrogen (secondary N) is 1. The number of halogens is 1. The SMILES string of the molecule is CCC(C)CC(=O)NCc1ccc(S(=O)(=O)Cl)cc1. The molecular weight excluding hydrogens is 286 g/mol. The summed E-state index contributed by atoms with van der Waals surface area (Å²) in [5.74, 6) is 0.368. The Labute approximate surface area is 118 Å². The van der Waals surface area contributed by atoms with Gasteiger partial charge in [0.2, 0.25) is 5.91 Å². The zero-order valence-electron chi connectivity index (χ0n) is 11.0. The molecule has 1 rings (SSSR count). The topological polar surface area (TPSA) is 63.2 Å². The Kier molecular flexibility index (Phi) is 5.82. The van der Waals surface area contributed by atoms with Crippen molar-refractivity contribution in [3.8, 4) is 0 Å². The van der Waals surface area contributed by atoms with Crippen LogP contribution in [0.2, 0.25) is 0 Å². The summed E-state index contributed by atoms with van der Waals surface area (Å²) in [5.41, 5.74) is 0.835. The van der Waals surface area contributed by atoms with Gasteiger partial charge in [0.05, 0.1) is 4.90 Å². The van der Waals surface area contributed by atoms with E-state index >= 15 is 0 Å². The van der Waals surface area contributed by atoms with Crippen LogP contribution in [-0.4, -0.2) is 14.3 Å². The first-order chi connectivity index (χ1) is 8.82. The minimum Gasteiger partial charge on any atom is -0.352 e. The van der Waals surface area contributed by atoms with Crippen molar-refractivity contribution in [3.05, 3.63) is 29.8 Å². The molecule has 0 fully saturated rings. The smallest absolute Gasteiger partial charge is 0.261 e. The number of carbonyl (C=O) groups excluding carboxylic acids is 1. The second kappa shape index (κ2) is 6.91. The van der Waals surface area contributed by atoms with E-state index in [0.717, 1.165) is 12.0 Å². The molecule has 1 aromatic rings. The van der Waals surface area contributed by atoms with Gasteiger partial charge >= 0.3 is 0 Å². The second-order valence-corrected chi connectivity index (χ2v) is 7.14. The summed E-state index contributed by atoms with van der Waals surface area (Å²) in [7, 11) is 1.53. The predicted octanol–water partition coefficient (Wildman–Crippen LogP) is 2.67. The lowest BCUT2D eigenvalue weighted by atomic mass is 10.1. The van der Waals surface area contributed by atoms with Gasteiger partial charge in [0.25, 0.3) is 9.05 Å². The summed E-state index contributed by atoms with van der Waals surface area (Å²) in [4.78, 5) is 11.6. The lowest BCUT2D eigenvalue weighted by Crippen LogP contribution is -2.24. The molecule has 1 aromatic carbocycles. The van der Waals surface area contributed by atoms with E-state index in [1.165, 1.54) is 12.1 Å². The van der Waals surface area contributed by atoms with Gasteiger partial charge in [0.1, 0.15) is 0 Å². The summed E-state index contributed by atoms with van der Waals surface area (Å²) in [6, 6.07) is 6.13. The summed E-state index contributed by atoms with van der Waals surface area (Å²) in [6.07, 6.45) is 1.47. The van der Waals surface area contributed by atoms with E-state index in [1.807, 2.05) is 13.8 Å². The van der Waals surface area contributed by atoms with Crippen LogP contribution in [0.4, 0.5) is 0 Å². The first-order valence-electron chi connectivity index (χ1n) is 6.13. The fraction of sp³-hybridized carbons (Fsp3) is 0.462. The Morgan fingerprint density at radius 2 is 1.89 bits per heavy atom. The van der Waals surface area contributed by atoms with E-state index in [4.69, 9.17) is 10.7 Å². The Morgan fingerprint density at radius 1 is 1.32 bits per heavy atom. The summed E-state index contributed by atoms with van der Waals surface area (Å²) in [5, 5.41) is 2.80. The van der Waals surface area contributed by atoms with Crippen molar-refractivity contribution in [1.82, 2.24) is 5.32 Å². The zero-order valence-corrected chi connectivity index (χ0v) is 12.6. The molecule has 6 heteroatoms. The van der Waals surface area contributed by atoms with Crippen LogP contribution in [-0.2, 0) is 20.4 Å². The quantitative estimate of drug-likeness (QED) is 0.822. The molecule has 1 atom stereocenters. The Balaban J connectivity index is 2.53. The molecule has 1 amide bonds. The Hall–Kier alpha value is -1.07. The molecule has 19 heavy (non-hydrogen) atoms. The summed E-state index contributed by atoms with van der Waals surface area (Å²) < 4.78 is 22.1. The number of benzene rings is 1. The molecule has 0 aliphatic heterocycles. The molecule has 0 aromatic heterocycles.